The molecule has 1 N–H and O–H groups in total. The summed E-state index contributed by atoms with van der Waals surface area (Å²) in [5, 5.41) is 8.67. The largest absolute Gasteiger partial charge is 0.481 e. The second kappa shape index (κ2) is 5.04. The number of carboxylic acid groups (broad SMARTS) is 1. The summed E-state index contributed by atoms with van der Waals surface area (Å²) < 4.78 is 1.99. The van der Waals surface area contributed by atoms with E-state index in [9.17, 15) is 4.79 Å². The van der Waals surface area contributed by atoms with E-state index in [-0.39, 0.29) is 6.42 Å². The van der Waals surface area contributed by atoms with Crippen LogP contribution in [-0.2, 0) is 11.2 Å². The normalized spacial score (nSPS) is 10.6. The summed E-state index contributed by atoms with van der Waals surface area (Å²) in [5.74, 6) is 0.0822. The molecule has 0 aliphatic rings. The van der Waals surface area contributed by atoms with E-state index in [0.29, 0.717) is 6.42 Å². The van der Waals surface area contributed by atoms with Crippen LogP contribution in [0.1, 0.15) is 23.5 Å². The molecule has 2 aromatic rings. The van der Waals surface area contributed by atoms with Gasteiger partial charge in [-0.2, -0.15) is 0 Å². The van der Waals surface area contributed by atoms with E-state index in [1.54, 1.807) is 0 Å². The fourth-order valence-corrected chi connectivity index (χ4v) is 1.93. The first kappa shape index (κ1) is 12.4. The van der Waals surface area contributed by atoms with E-state index in [4.69, 9.17) is 5.11 Å². The van der Waals surface area contributed by atoms with Gasteiger partial charge >= 0.3 is 5.97 Å². The summed E-state index contributed by atoms with van der Waals surface area (Å²) in [5.41, 5.74) is 3.06. The van der Waals surface area contributed by atoms with Gasteiger partial charge in [0, 0.05) is 18.3 Å². The number of nitrogens with zero attached hydrogens (tertiary/aromatic N) is 2. The highest BCUT2D eigenvalue weighted by Crippen LogP contribution is 2.14. The molecule has 1 aromatic heterocycles. The van der Waals surface area contributed by atoms with Gasteiger partial charge < -0.3 is 9.67 Å². The van der Waals surface area contributed by atoms with E-state index < -0.39 is 5.97 Å². The fraction of sp³-hybridized carbons (Fsp3) is 0.286. The van der Waals surface area contributed by atoms with Crippen LogP contribution in [0.2, 0.25) is 0 Å². The number of carbonyl (C=O) groups is 1. The summed E-state index contributed by atoms with van der Waals surface area (Å²) >= 11 is 0. The maximum atomic E-state index is 10.5. The second-order valence-corrected chi connectivity index (χ2v) is 4.38. The summed E-state index contributed by atoms with van der Waals surface area (Å²) in [6, 6.07) is 8.14. The van der Waals surface area contributed by atoms with Gasteiger partial charge in [-0.25, -0.2) is 4.98 Å². The van der Waals surface area contributed by atoms with Gasteiger partial charge in [0.1, 0.15) is 5.82 Å². The highest BCUT2D eigenvalue weighted by atomic mass is 16.4. The molecule has 18 heavy (non-hydrogen) atoms. The van der Waals surface area contributed by atoms with Crippen molar-refractivity contribution < 1.29 is 9.90 Å². The standard InChI is InChI=1S/C14H16N2O2/c1-10-4-3-5-13(8-10)16-9-12(15-11(16)2)6-7-14(17)18/h3-5,8-9H,6-7H2,1-2H3,(H,17,18). The minimum absolute atomic E-state index is 0.115. The van der Waals surface area contributed by atoms with Crippen molar-refractivity contribution in [1.29, 1.82) is 0 Å². The summed E-state index contributed by atoms with van der Waals surface area (Å²) in [7, 11) is 0. The Balaban J connectivity index is 2.26. The Morgan fingerprint density at radius 3 is 2.83 bits per heavy atom. The lowest BCUT2D eigenvalue weighted by molar-refractivity contribution is -0.136. The molecule has 0 unspecified atom stereocenters. The Morgan fingerprint density at radius 1 is 1.39 bits per heavy atom. The molecule has 0 saturated carbocycles. The number of hydrogen-bond acceptors (Lipinski definition) is 2. The van der Waals surface area contributed by atoms with Gasteiger partial charge in [-0.1, -0.05) is 12.1 Å². The average Bonchev–Trinajstić information content (AvgIpc) is 2.68. The molecule has 0 spiro atoms. The lowest BCUT2D eigenvalue weighted by atomic mass is 10.2. The molecule has 1 aromatic carbocycles. The van der Waals surface area contributed by atoms with Crippen molar-refractivity contribution in [2.24, 2.45) is 0 Å². The van der Waals surface area contributed by atoms with Crippen molar-refractivity contribution in [3.63, 3.8) is 0 Å². The van der Waals surface area contributed by atoms with Gasteiger partial charge in [0.2, 0.25) is 0 Å². The zero-order valence-corrected chi connectivity index (χ0v) is 10.6. The van der Waals surface area contributed by atoms with Crippen LogP contribution in [0.5, 0.6) is 0 Å². The van der Waals surface area contributed by atoms with Crippen molar-refractivity contribution in [3.8, 4) is 5.69 Å². The molecular weight excluding hydrogens is 228 g/mol. The average molecular weight is 244 g/mol. The molecular formula is C14H16N2O2. The Labute approximate surface area is 106 Å². The van der Waals surface area contributed by atoms with Crippen LogP contribution in [0.3, 0.4) is 0 Å². The van der Waals surface area contributed by atoms with Gasteiger partial charge in [-0.15, -0.1) is 0 Å². The van der Waals surface area contributed by atoms with Gasteiger partial charge in [0.05, 0.1) is 12.1 Å². The molecule has 4 nitrogen and oxygen atoms in total. The van der Waals surface area contributed by atoms with Crippen LogP contribution >= 0.6 is 0 Å². The lowest BCUT2D eigenvalue weighted by Gasteiger charge is -2.05. The van der Waals surface area contributed by atoms with Crippen molar-refractivity contribution in [2.45, 2.75) is 26.7 Å². The maximum Gasteiger partial charge on any atom is 0.303 e. The predicted molar refractivity (Wildman–Crippen MR) is 69.0 cm³/mol. The summed E-state index contributed by atoms with van der Waals surface area (Å²) in [6.45, 7) is 3.97. The van der Waals surface area contributed by atoms with Crippen LogP contribution in [0.25, 0.3) is 5.69 Å². The zero-order chi connectivity index (χ0) is 13.1. The Morgan fingerprint density at radius 2 is 2.17 bits per heavy atom. The van der Waals surface area contributed by atoms with Crippen molar-refractivity contribution in [1.82, 2.24) is 9.55 Å². The number of aromatic nitrogens is 2. The molecule has 0 aliphatic carbocycles. The third kappa shape index (κ3) is 2.77. The maximum absolute atomic E-state index is 10.5. The summed E-state index contributed by atoms with van der Waals surface area (Å²) in [4.78, 5) is 14.9. The topological polar surface area (TPSA) is 55.1 Å². The first-order chi connectivity index (χ1) is 8.56. The van der Waals surface area contributed by atoms with E-state index in [0.717, 1.165) is 17.2 Å². The molecule has 0 radical (unpaired) electrons. The van der Waals surface area contributed by atoms with E-state index in [2.05, 4.69) is 11.1 Å². The molecule has 1 heterocycles. The number of rotatable bonds is 4. The zero-order valence-electron chi connectivity index (χ0n) is 10.6. The van der Waals surface area contributed by atoms with E-state index in [1.807, 2.05) is 42.8 Å². The van der Waals surface area contributed by atoms with Crippen LogP contribution in [-0.4, -0.2) is 20.6 Å². The Hall–Kier alpha value is -2.10. The third-order valence-corrected chi connectivity index (χ3v) is 2.81. The molecule has 0 bridgehead atoms. The molecule has 0 fully saturated rings. The SMILES string of the molecule is Cc1cccc(-n2cc(CCC(=O)O)nc2C)c1. The van der Waals surface area contributed by atoms with Crippen LogP contribution in [0, 0.1) is 13.8 Å². The number of hydrogen-bond donors (Lipinski definition) is 1. The van der Waals surface area contributed by atoms with Crippen molar-refractivity contribution in [3.05, 3.63) is 47.5 Å². The first-order valence-electron chi connectivity index (χ1n) is 5.90. The van der Waals surface area contributed by atoms with Gasteiger partial charge in [-0.3, -0.25) is 4.79 Å². The third-order valence-electron chi connectivity index (χ3n) is 2.81. The minimum Gasteiger partial charge on any atom is -0.481 e. The molecule has 0 aliphatic heterocycles. The number of benzene rings is 1. The van der Waals surface area contributed by atoms with Gasteiger partial charge in [0.15, 0.2) is 0 Å². The minimum atomic E-state index is -0.794. The Bertz CT molecular complexity index is 573. The van der Waals surface area contributed by atoms with E-state index >= 15 is 0 Å². The first-order valence-corrected chi connectivity index (χ1v) is 5.90. The lowest BCUT2D eigenvalue weighted by Crippen LogP contribution is -1.97. The van der Waals surface area contributed by atoms with Gasteiger partial charge in [0.25, 0.3) is 0 Å². The van der Waals surface area contributed by atoms with Crippen LogP contribution in [0.4, 0.5) is 0 Å². The predicted octanol–water partition coefficient (Wildman–Crippen LogP) is 2.51. The quantitative estimate of drug-likeness (QED) is 0.899. The fourth-order valence-electron chi connectivity index (χ4n) is 1.93. The molecule has 0 amide bonds. The van der Waals surface area contributed by atoms with Crippen molar-refractivity contribution in [2.75, 3.05) is 0 Å². The highest BCUT2D eigenvalue weighted by Gasteiger charge is 2.07. The molecule has 4 heteroatoms. The smallest absolute Gasteiger partial charge is 0.303 e. The molecule has 0 saturated heterocycles. The van der Waals surface area contributed by atoms with Gasteiger partial charge in [-0.05, 0) is 31.5 Å². The molecule has 94 valence electrons. The summed E-state index contributed by atoms with van der Waals surface area (Å²) in [6.07, 6.45) is 2.49. The Kier molecular flexibility index (Phi) is 3.46. The monoisotopic (exact) mass is 244 g/mol. The molecule has 0 atom stereocenters. The second-order valence-electron chi connectivity index (χ2n) is 4.38. The van der Waals surface area contributed by atoms with Crippen LogP contribution < -0.4 is 0 Å². The molecule has 2 rings (SSSR count). The number of imidazole rings is 1. The number of aliphatic carboxylic acids is 1. The van der Waals surface area contributed by atoms with Crippen LogP contribution in [0.15, 0.2) is 30.5 Å². The van der Waals surface area contributed by atoms with E-state index in [1.165, 1.54) is 5.56 Å². The highest BCUT2D eigenvalue weighted by molar-refractivity contribution is 5.66. The number of carboxylic acids is 1. The van der Waals surface area contributed by atoms with Crippen molar-refractivity contribution >= 4 is 5.97 Å². The number of aryl methyl sites for hydroxylation is 3.